The summed E-state index contributed by atoms with van der Waals surface area (Å²) in [7, 11) is 0. The Hall–Kier alpha value is -2.86. The first kappa shape index (κ1) is 15.1. The summed E-state index contributed by atoms with van der Waals surface area (Å²) in [5.74, 6) is -0.761. The van der Waals surface area contributed by atoms with Gasteiger partial charge in [0.15, 0.2) is 5.78 Å². The predicted octanol–water partition coefficient (Wildman–Crippen LogP) is 1.76. The van der Waals surface area contributed by atoms with Gasteiger partial charge in [-0.2, -0.15) is 0 Å². The number of hydrogen-bond donors (Lipinski definition) is 1. The second-order valence-corrected chi connectivity index (χ2v) is 5.12. The van der Waals surface area contributed by atoms with Crippen LogP contribution in [0.25, 0.3) is 10.9 Å². The van der Waals surface area contributed by atoms with E-state index in [9.17, 15) is 14.0 Å². The van der Waals surface area contributed by atoms with Crippen molar-refractivity contribution in [2.45, 2.75) is 6.54 Å². The number of aromatic nitrogens is 2. The first-order valence-corrected chi connectivity index (χ1v) is 6.96. The van der Waals surface area contributed by atoms with Crippen LogP contribution in [0, 0.1) is 5.82 Å². The molecular formula is C17H13FN2O3. The average molecular weight is 312 g/mol. The number of carbonyl (C=O) groups is 1. The molecule has 3 rings (SSSR count). The number of hydrogen-bond acceptors (Lipinski definition) is 4. The fourth-order valence-corrected chi connectivity index (χ4v) is 2.32. The van der Waals surface area contributed by atoms with E-state index in [1.165, 1.54) is 41.2 Å². The Labute approximate surface area is 130 Å². The van der Waals surface area contributed by atoms with Crippen molar-refractivity contribution < 1.29 is 14.3 Å². The second-order valence-electron chi connectivity index (χ2n) is 5.12. The lowest BCUT2D eigenvalue weighted by Gasteiger charge is -2.07. The summed E-state index contributed by atoms with van der Waals surface area (Å²) in [5.41, 5.74) is 1.23. The van der Waals surface area contributed by atoms with Crippen molar-refractivity contribution in [1.82, 2.24) is 9.55 Å². The van der Waals surface area contributed by atoms with Crippen LogP contribution < -0.4 is 5.56 Å². The molecule has 0 aliphatic carbocycles. The highest BCUT2D eigenvalue weighted by Crippen LogP contribution is 2.11. The number of fused-ring (bicyclic) bond motifs is 1. The van der Waals surface area contributed by atoms with E-state index in [1.807, 2.05) is 0 Å². The van der Waals surface area contributed by atoms with Gasteiger partial charge in [-0.3, -0.25) is 14.2 Å². The van der Waals surface area contributed by atoms with E-state index < -0.39 is 12.4 Å². The number of carbonyl (C=O) groups excluding carboxylic acids is 1. The van der Waals surface area contributed by atoms with Crippen molar-refractivity contribution in [3.05, 3.63) is 76.1 Å². The fraction of sp³-hybridized carbons (Fsp3) is 0.118. The highest BCUT2D eigenvalue weighted by atomic mass is 19.1. The van der Waals surface area contributed by atoms with Gasteiger partial charge in [0.05, 0.1) is 23.8 Å². The molecule has 0 aliphatic heterocycles. The van der Waals surface area contributed by atoms with Crippen LogP contribution in [-0.2, 0) is 6.54 Å². The number of benzene rings is 2. The van der Waals surface area contributed by atoms with Crippen molar-refractivity contribution in [1.29, 1.82) is 0 Å². The van der Waals surface area contributed by atoms with Gasteiger partial charge in [0.2, 0.25) is 0 Å². The third-order valence-corrected chi connectivity index (χ3v) is 3.56. The zero-order chi connectivity index (χ0) is 16.4. The number of aliphatic hydroxyl groups excluding tert-OH is 1. The molecule has 1 heterocycles. The lowest BCUT2D eigenvalue weighted by Crippen LogP contribution is -2.21. The molecule has 116 valence electrons. The summed E-state index contributed by atoms with van der Waals surface area (Å²) in [6.45, 7) is -0.313. The maximum atomic E-state index is 12.9. The van der Waals surface area contributed by atoms with Gasteiger partial charge in [0.1, 0.15) is 12.4 Å². The summed E-state index contributed by atoms with van der Waals surface area (Å²) in [6.07, 6.45) is 1.39. The Bertz CT molecular complexity index is 933. The Kier molecular flexibility index (Phi) is 3.99. The number of nitrogens with zero attached hydrogens (tertiary/aromatic N) is 2. The minimum Gasteiger partial charge on any atom is -0.388 e. The SMILES string of the molecule is O=C(CO)c1ccc2c(=O)n(Cc3ccc(F)cc3)cnc2c1. The normalized spacial score (nSPS) is 10.9. The van der Waals surface area contributed by atoms with Crippen LogP contribution in [0.3, 0.4) is 0 Å². The molecule has 1 aromatic heterocycles. The van der Waals surface area contributed by atoms with Crippen molar-refractivity contribution in [3.63, 3.8) is 0 Å². The third kappa shape index (κ3) is 3.02. The molecule has 0 spiro atoms. The van der Waals surface area contributed by atoms with Crippen LogP contribution in [0.1, 0.15) is 15.9 Å². The highest BCUT2D eigenvalue weighted by molar-refractivity contribution is 5.99. The summed E-state index contributed by atoms with van der Waals surface area (Å²) in [6, 6.07) is 10.4. The molecule has 0 atom stereocenters. The molecule has 5 nitrogen and oxygen atoms in total. The molecule has 0 bridgehead atoms. The molecule has 0 radical (unpaired) electrons. The van der Waals surface area contributed by atoms with E-state index in [0.717, 1.165) is 5.56 Å². The molecule has 0 saturated heterocycles. The molecule has 1 N–H and O–H groups in total. The molecule has 3 aromatic rings. The molecule has 0 fully saturated rings. The van der Waals surface area contributed by atoms with E-state index in [2.05, 4.69) is 4.98 Å². The Morgan fingerprint density at radius 1 is 1.17 bits per heavy atom. The van der Waals surface area contributed by atoms with Crippen LogP contribution in [-0.4, -0.2) is 27.0 Å². The van der Waals surface area contributed by atoms with Crippen molar-refractivity contribution in [2.24, 2.45) is 0 Å². The maximum Gasteiger partial charge on any atom is 0.261 e. The lowest BCUT2D eigenvalue weighted by atomic mass is 10.1. The topological polar surface area (TPSA) is 72.2 Å². The highest BCUT2D eigenvalue weighted by Gasteiger charge is 2.09. The molecular weight excluding hydrogens is 299 g/mol. The zero-order valence-corrected chi connectivity index (χ0v) is 12.1. The van der Waals surface area contributed by atoms with E-state index in [-0.39, 0.29) is 17.9 Å². The van der Waals surface area contributed by atoms with Crippen molar-refractivity contribution >= 4 is 16.7 Å². The standard InChI is InChI=1S/C17H13FN2O3/c18-13-4-1-11(2-5-13)8-20-10-19-15-7-12(16(22)9-21)3-6-14(15)17(20)23/h1-7,10,21H,8-9H2. The zero-order valence-electron chi connectivity index (χ0n) is 12.1. The van der Waals surface area contributed by atoms with Gasteiger partial charge in [-0.15, -0.1) is 0 Å². The smallest absolute Gasteiger partial charge is 0.261 e. The first-order chi connectivity index (χ1) is 11.1. The maximum absolute atomic E-state index is 12.9. The summed E-state index contributed by atoms with van der Waals surface area (Å²) in [4.78, 5) is 28.1. The largest absolute Gasteiger partial charge is 0.388 e. The minimum absolute atomic E-state index is 0.248. The van der Waals surface area contributed by atoms with Crippen LogP contribution in [0.4, 0.5) is 4.39 Å². The Morgan fingerprint density at radius 3 is 2.61 bits per heavy atom. The fourth-order valence-electron chi connectivity index (χ4n) is 2.32. The number of rotatable bonds is 4. The van der Waals surface area contributed by atoms with Gasteiger partial charge in [0.25, 0.3) is 5.56 Å². The summed E-state index contributed by atoms with van der Waals surface area (Å²) >= 11 is 0. The molecule has 0 unspecified atom stereocenters. The second kappa shape index (κ2) is 6.10. The molecule has 2 aromatic carbocycles. The third-order valence-electron chi connectivity index (χ3n) is 3.56. The van der Waals surface area contributed by atoms with Gasteiger partial charge >= 0.3 is 0 Å². The summed E-state index contributed by atoms with van der Waals surface area (Å²) < 4.78 is 14.3. The van der Waals surface area contributed by atoms with E-state index in [0.29, 0.717) is 16.5 Å². The van der Waals surface area contributed by atoms with Gasteiger partial charge in [-0.1, -0.05) is 18.2 Å². The summed E-state index contributed by atoms with van der Waals surface area (Å²) in [5, 5.41) is 9.26. The monoisotopic (exact) mass is 312 g/mol. The quantitative estimate of drug-likeness (QED) is 0.745. The van der Waals surface area contributed by atoms with Crippen LogP contribution in [0.2, 0.25) is 0 Å². The average Bonchev–Trinajstić information content (AvgIpc) is 2.58. The van der Waals surface area contributed by atoms with Gasteiger partial charge in [-0.25, -0.2) is 9.37 Å². The van der Waals surface area contributed by atoms with Gasteiger partial charge in [0, 0.05) is 5.56 Å². The minimum atomic E-state index is -0.590. The Morgan fingerprint density at radius 2 is 1.91 bits per heavy atom. The first-order valence-electron chi connectivity index (χ1n) is 6.96. The number of aliphatic hydroxyl groups is 1. The van der Waals surface area contributed by atoms with Gasteiger partial charge in [-0.05, 0) is 29.8 Å². The molecule has 23 heavy (non-hydrogen) atoms. The van der Waals surface area contributed by atoms with E-state index >= 15 is 0 Å². The molecule has 0 aliphatic rings. The molecule has 6 heteroatoms. The molecule has 0 amide bonds. The Balaban J connectivity index is 2.00. The van der Waals surface area contributed by atoms with Gasteiger partial charge < -0.3 is 5.11 Å². The predicted molar refractivity (Wildman–Crippen MR) is 82.9 cm³/mol. The van der Waals surface area contributed by atoms with Crippen LogP contribution >= 0.6 is 0 Å². The lowest BCUT2D eigenvalue weighted by molar-refractivity contribution is 0.0904. The van der Waals surface area contributed by atoms with Crippen molar-refractivity contribution in [3.8, 4) is 0 Å². The van der Waals surface area contributed by atoms with E-state index in [1.54, 1.807) is 12.1 Å². The van der Waals surface area contributed by atoms with Crippen molar-refractivity contribution in [2.75, 3.05) is 6.61 Å². The number of Topliss-reactive ketones (excluding diaryl/α,β-unsaturated/α-hetero) is 1. The molecule has 0 saturated carbocycles. The number of ketones is 1. The number of halogens is 1. The van der Waals surface area contributed by atoms with Crippen LogP contribution in [0.15, 0.2) is 53.6 Å². The van der Waals surface area contributed by atoms with Crippen LogP contribution in [0.5, 0.6) is 0 Å². The van der Waals surface area contributed by atoms with E-state index in [4.69, 9.17) is 5.11 Å².